The third kappa shape index (κ3) is 29.4. The fourth-order valence-corrected chi connectivity index (χ4v) is 4.86. The van der Waals surface area contributed by atoms with E-state index in [1.54, 1.807) is 0 Å². The van der Waals surface area contributed by atoms with Crippen molar-refractivity contribution in [1.82, 2.24) is 4.90 Å². The summed E-state index contributed by atoms with van der Waals surface area (Å²) in [6.07, 6.45) is 34.8. The van der Waals surface area contributed by atoms with Gasteiger partial charge in [0.1, 0.15) is 6.10 Å². The van der Waals surface area contributed by atoms with Crippen LogP contribution >= 0.6 is 0 Å². The highest BCUT2D eigenvalue weighted by atomic mass is 16.5. The van der Waals surface area contributed by atoms with Crippen LogP contribution in [0.5, 0.6) is 0 Å². The van der Waals surface area contributed by atoms with Crippen molar-refractivity contribution in [2.45, 2.75) is 161 Å². The molecule has 0 amide bonds. The SMILES string of the molecule is CCCCC/C=C\C/C=C\CCCCCCCCCC(CCCCCCCC(=O)OC)OC(=O)CCCN(C)C. The minimum atomic E-state index is -0.120. The van der Waals surface area contributed by atoms with Crippen LogP contribution in [0, 0.1) is 0 Å². The Balaban J connectivity index is 3.97. The predicted octanol–water partition coefficient (Wildman–Crippen LogP) is 9.74. The Hall–Kier alpha value is -1.62. The van der Waals surface area contributed by atoms with Crippen molar-refractivity contribution in [3.63, 3.8) is 0 Å². The molecule has 0 saturated heterocycles. The monoisotopic (exact) mass is 563 g/mol. The molecule has 1 atom stereocenters. The average molecular weight is 564 g/mol. The van der Waals surface area contributed by atoms with E-state index in [1.165, 1.54) is 77.7 Å². The third-order valence-corrected chi connectivity index (χ3v) is 7.40. The van der Waals surface area contributed by atoms with Crippen LogP contribution in [0.4, 0.5) is 0 Å². The highest BCUT2D eigenvalue weighted by Crippen LogP contribution is 2.18. The minimum absolute atomic E-state index is 0.0398. The van der Waals surface area contributed by atoms with E-state index in [4.69, 9.17) is 9.47 Å². The van der Waals surface area contributed by atoms with Crippen LogP contribution in [0.1, 0.15) is 155 Å². The molecule has 40 heavy (non-hydrogen) atoms. The van der Waals surface area contributed by atoms with Crippen LogP contribution < -0.4 is 0 Å². The predicted molar refractivity (Wildman–Crippen MR) is 171 cm³/mol. The van der Waals surface area contributed by atoms with E-state index in [0.717, 1.165) is 70.8 Å². The summed E-state index contributed by atoms with van der Waals surface area (Å²) < 4.78 is 10.6. The summed E-state index contributed by atoms with van der Waals surface area (Å²) >= 11 is 0. The van der Waals surface area contributed by atoms with Gasteiger partial charge in [-0.05, 0) is 91.3 Å². The highest BCUT2D eigenvalue weighted by molar-refractivity contribution is 5.69. The zero-order valence-corrected chi connectivity index (χ0v) is 26.9. The van der Waals surface area contributed by atoms with Gasteiger partial charge in [0.2, 0.25) is 0 Å². The second-order valence-corrected chi connectivity index (χ2v) is 11.6. The fraction of sp³-hybridized carbons (Fsp3) is 0.829. The van der Waals surface area contributed by atoms with Crippen molar-refractivity contribution >= 4 is 11.9 Å². The quantitative estimate of drug-likeness (QED) is 0.0515. The number of unbranched alkanes of at least 4 members (excludes halogenated alkanes) is 14. The van der Waals surface area contributed by atoms with E-state index in [2.05, 4.69) is 36.1 Å². The van der Waals surface area contributed by atoms with Crippen molar-refractivity contribution in [3.8, 4) is 0 Å². The molecule has 0 bridgehead atoms. The molecule has 0 aromatic carbocycles. The topological polar surface area (TPSA) is 55.8 Å². The lowest BCUT2D eigenvalue weighted by molar-refractivity contribution is -0.150. The summed E-state index contributed by atoms with van der Waals surface area (Å²) in [5.74, 6) is -0.160. The zero-order valence-electron chi connectivity index (χ0n) is 26.9. The van der Waals surface area contributed by atoms with Gasteiger partial charge in [-0.25, -0.2) is 0 Å². The second-order valence-electron chi connectivity index (χ2n) is 11.6. The Kier molecular flexibility index (Phi) is 29.1. The van der Waals surface area contributed by atoms with Crippen LogP contribution in [-0.2, 0) is 19.1 Å². The summed E-state index contributed by atoms with van der Waals surface area (Å²) in [4.78, 5) is 25.7. The number of nitrogens with zero attached hydrogens (tertiary/aromatic N) is 1. The van der Waals surface area contributed by atoms with Crippen molar-refractivity contribution in [3.05, 3.63) is 24.3 Å². The first-order valence-corrected chi connectivity index (χ1v) is 16.7. The molecule has 0 aliphatic heterocycles. The molecule has 0 radical (unpaired) electrons. The van der Waals surface area contributed by atoms with E-state index in [1.807, 2.05) is 14.1 Å². The van der Waals surface area contributed by atoms with Gasteiger partial charge in [-0.1, -0.05) is 95.4 Å². The lowest BCUT2D eigenvalue weighted by Gasteiger charge is -2.18. The number of methoxy groups -OCH3 is 1. The number of carbonyl (C=O) groups is 2. The Morgan fingerprint density at radius 2 is 1.12 bits per heavy atom. The fourth-order valence-electron chi connectivity index (χ4n) is 4.86. The third-order valence-electron chi connectivity index (χ3n) is 7.40. The number of ether oxygens (including phenoxy) is 2. The van der Waals surface area contributed by atoms with Gasteiger partial charge >= 0.3 is 11.9 Å². The van der Waals surface area contributed by atoms with E-state index < -0.39 is 0 Å². The number of esters is 2. The van der Waals surface area contributed by atoms with Gasteiger partial charge in [-0.3, -0.25) is 9.59 Å². The normalized spacial score (nSPS) is 12.5. The number of rotatable bonds is 29. The molecule has 5 nitrogen and oxygen atoms in total. The number of allylic oxidation sites excluding steroid dienone is 4. The van der Waals surface area contributed by atoms with Crippen LogP contribution in [0.3, 0.4) is 0 Å². The Morgan fingerprint density at radius 3 is 1.68 bits per heavy atom. The number of hydrogen-bond donors (Lipinski definition) is 0. The molecular formula is C35H65NO4. The highest BCUT2D eigenvalue weighted by Gasteiger charge is 2.14. The molecular weight excluding hydrogens is 498 g/mol. The van der Waals surface area contributed by atoms with E-state index in [0.29, 0.717) is 12.8 Å². The largest absolute Gasteiger partial charge is 0.469 e. The molecule has 0 aliphatic rings. The lowest BCUT2D eigenvalue weighted by atomic mass is 10.0. The van der Waals surface area contributed by atoms with Crippen LogP contribution in [0.25, 0.3) is 0 Å². The van der Waals surface area contributed by atoms with E-state index in [9.17, 15) is 9.59 Å². The van der Waals surface area contributed by atoms with Gasteiger partial charge in [0.15, 0.2) is 0 Å². The molecule has 0 rings (SSSR count). The zero-order chi connectivity index (χ0) is 29.5. The Morgan fingerprint density at radius 1 is 0.625 bits per heavy atom. The molecule has 0 aliphatic carbocycles. The van der Waals surface area contributed by atoms with E-state index >= 15 is 0 Å². The summed E-state index contributed by atoms with van der Waals surface area (Å²) in [5, 5.41) is 0. The molecule has 0 saturated carbocycles. The lowest BCUT2D eigenvalue weighted by Crippen LogP contribution is -2.20. The first kappa shape index (κ1) is 38.4. The molecule has 0 aromatic heterocycles. The summed E-state index contributed by atoms with van der Waals surface area (Å²) in [7, 11) is 5.51. The van der Waals surface area contributed by atoms with E-state index in [-0.39, 0.29) is 18.0 Å². The molecule has 5 heteroatoms. The first-order chi connectivity index (χ1) is 19.5. The summed E-state index contributed by atoms with van der Waals surface area (Å²) in [5.41, 5.74) is 0. The molecule has 0 heterocycles. The maximum Gasteiger partial charge on any atom is 0.306 e. The molecule has 0 fully saturated rings. The molecule has 0 spiro atoms. The van der Waals surface area contributed by atoms with Gasteiger partial charge in [-0.2, -0.15) is 0 Å². The molecule has 0 N–H and O–H groups in total. The van der Waals surface area contributed by atoms with Gasteiger partial charge < -0.3 is 14.4 Å². The number of carbonyl (C=O) groups excluding carboxylic acids is 2. The Bertz CT molecular complexity index is 629. The number of hydrogen-bond acceptors (Lipinski definition) is 5. The standard InChI is InChI=1S/C35H65NO4/c1-5-6-7-8-9-10-11-12-13-14-15-16-17-18-19-21-24-28-33(40-35(38)31-27-32-36(2)3)29-25-22-20-23-26-30-34(37)39-4/h9-10,12-13,33H,5-8,11,14-32H2,1-4H3/b10-9-,13-12-. The van der Waals surface area contributed by atoms with Crippen molar-refractivity contribution in [2.75, 3.05) is 27.7 Å². The minimum Gasteiger partial charge on any atom is -0.469 e. The van der Waals surface area contributed by atoms with Crippen molar-refractivity contribution in [1.29, 1.82) is 0 Å². The summed E-state index contributed by atoms with van der Waals surface area (Å²) in [6, 6.07) is 0. The maximum atomic E-state index is 12.4. The van der Waals surface area contributed by atoms with Crippen molar-refractivity contribution in [2.24, 2.45) is 0 Å². The molecule has 1 unspecified atom stereocenters. The van der Waals surface area contributed by atoms with Gasteiger partial charge in [0.25, 0.3) is 0 Å². The van der Waals surface area contributed by atoms with Gasteiger partial charge in [0.05, 0.1) is 7.11 Å². The van der Waals surface area contributed by atoms with Crippen LogP contribution in [0.2, 0.25) is 0 Å². The van der Waals surface area contributed by atoms with Crippen molar-refractivity contribution < 1.29 is 19.1 Å². The summed E-state index contributed by atoms with van der Waals surface area (Å²) in [6.45, 7) is 3.17. The van der Waals surface area contributed by atoms with Gasteiger partial charge in [-0.15, -0.1) is 0 Å². The first-order valence-electron chi connectivity index (χ1n) is 16.7. The second kappa shape index (κ2) is 30.3. The molecule has 234 valence electrons. The molecule has 0 aromatic rings. The maximum absolute atomic E-state index is 12.4. The Labute approximate surface area is 248 Å². The average Bonchev–Trinajstić information content (AvgIpc) is 2.93. The van der Waals surface area contributed by atoms with Crippen LogP contribution in [-0.4, -0.2) is 50.7 Å². The van der Waals surface area contributed by atoms with Gasteiger partial charge in [0, 0.05) is 12.8 Å². The van der Waals surface area contributed by atoms with Crippen LogP contribution in [0.15, 0.2) is 24.3 Å². The smallest absolute Gasteiger partial charge is 0.306 e.